The van der Waals surface area contributed by atoms with Gasteiger partial charge in [-0.3, -0.25) is 4.79 Å². The Morgan fingerprint density at radius 3 is 2.36 bits per heavy atom. The first kappa shape index (κ1) is 20.0. The molecule has 0 spiro atoms. The number of benzene rings is 2. The number of ether oxygens (including phenoxy) is 1. The zero-order valence-corrected chi connectivity index (χ0v) is 16.4. The third kappa shape index (κ3) is 4.40. The molecule has 8 heteroatoms. The van der Waals surface area contributed by atoms with E-state index in [2.05, 4.69) is 5.32 Å². The van der Waals surface area contributed by atoms with Crippen molar-refractivity contribution in [3.63, 3.8) is 0 Å². The van der Waals surface area contributed by atoms with E-state index in [4.69, 9.17) is 4.74 Å². The molecule has 1 amide bonds. The van der Waals surface area contributed by atoms with E-state index >= 15 is 0 Å². The van der Waals surface area contributed by atoms with Gasteiger partial charge in [-0.05, 0) is 62.2 Å². The molecule has 3 rings (SSSR count). The van der Waals surface area contributed by atoms with Crippen molar-refractivity contribution >= 4 is 27.6 Å². The number of nitrogens with zero attached hydrogens (tertiary/aromatic N) is 1. The number of hydrogen-bond donors (Lipinski definition) is 1. The lowest BCUT2D eigenvalue weighted by Crippen LogP contribution is -2.28. The highest BCUT2D eigenvalue weighted by atomic mass is 32.2. The SMILES string of the molecule is CCOC(=O)c1ccc(NC(=O)c2cccc(S(=O)(=O)N3CCCC3)c2)cc1. The third-order valence-electron chi connectivity index (χ3n) is 4.45. The maximum absolute atomic E-state index is 12.7. The maximum atomic E-state index is 12.7. The summed E-state index contributed by atoms with van der Waals surface area (Å²) < 4.78 is 31.7. The Labute approximate surface area is 164 Å². The van der Waals surface area contributed by atoms with Gasteiger partial charge in [0.25, 0.3) is 5.91 Å². The number of esters is 1. The lowest BCUT2D eigenvalue weighted by Gasteiger charge is -2.16. The largest absolute Gasteiger partial charge is 0.462 e. The Bertz CT molecular complexity index is 964. The van der Waals surface area contributed by atoms with Crippen LogP contribution in [-0.4, -0.2) is 44.3 Å². The Balaban J connectivity index is 1.74. The normalized spacial score (nSPS) is 14.6. The van der Waals surface area contributed by atoms with E-state index in [1.54, 1.807) is 43.3 Å². The number of sulfonamides is 1. The first-order chi connectivity index (χ1) is 13.4. The van der Waals surface area contributed by atoms with Crippen LogP contribution >= 0.6 is 0 Å². The number of carbonyl (C=O) groups excluding carboxylic acids is 2. The number of carbonyl (C=O) groups is 2. The van der Waals surface area contributed by atoms with Crippen LogP contribution in [-0.2, 0) is 14.8 Å². The summed E-state index contributed by atoms with van der Waals surface area (Å²) in [4.78, 5) is 24.3. The zero-order valence-electron chi connectivity index (χ0n) is 15.6. The minimum Gasteiger partial charge on any atom is -0.462 e. The third-order valence-corrected chi connectivity index (χ3v) is 6.35. The van der Waals surface area contributed by atoms with E-state index in [0.29, 0.717) is 24.3 Å². The van der Waals surface area contributed by atoms with Crippen molar-refractivity contribution in [3.8, 4) is 0 Å². The van der Waals surface area contributed by atoms with Gasteiger partial charge in [-0.25, -0.2) is 13.2 Å². The molecule has 0 atom stereocenters. The van der Waals surface area contributed by atoms with Gasteiger partial charge in [-0.15, -0.1) is 0 Å². The van der Waals surface area contributed by atoms with E-state index in [9.17, 15) is 18.0 Å². The molecule has 0 bridgehead atoms. The molecule has 7 nitrogen and oxygen atoms in total. The standard InChI is InChI=1S/C20H22N2O5S/c1-2-27-20(24)15-8-10-17(11-9-15)21-19(23)16-6-5-7-18(14-16)28(25,26)22-12-3-4-13-22/h5-11,14H,2-4,12-13H2,1H3,(H,21,23). The van der Waals surface area contributed by atoms with Crippen LogP contribution < -0.4 is 5.32 Å². The van der Waals surface area contributed by atoms with Gasteiger partial charge < -0.3 is 10.1 Å². The molecule has 0 aromatic heterocycles. The zero-order chi connectivity index (χ0) is 20.1. The fourth-order valence-corrected chi connectivity index (χ4v) is 4.55. The molecule has 148 valence electrons. The van der Waals surface area contributed by atoms with Crippen LogP contribution in [0.1, 0.15) is 40.5 Å². The lowest BCUT2D eigenvalue weighted by molar-refractivity contribution is 0.0526. The van der Waals surface area contributed by atoms with Crippen LogP contribution in [0.2, 0.25) is 0 Å². The molecule has 1 N–H and O–H groups in total. The first-order valence-electron chi connectivity index (χ1n) is 9.10. The molecule has 0 saturated carbocycles. The average Bonchev–Trinajstić information content (AvgIpc) is 3.24. The van der Waals surface area contributed by atoms with Gasteiger partial charge in [0.15, 0.2) is 0 Å². The molecule has 1 heterocycles. The minimum atomic E-state index is -3.59. The summed E-state index contributed by atoms with van der Waals surface area (Å²) in [6.07, 6.45) is 1.70. The Hall–Kier alpha value is -2.71. The Morgan fingerprint density at radius 1 is 1.04 bits per heavy atom. The molecule has 2 aromatic rings. The smallest absolute Gasteiger partial charge is 0.338 e. The van der Waals surface area contributed by atoms with Gasteiger partial charge in [0, 0.05) is 24.3 Å². The summed E-state index contributed by atoms with van der Waals surface area (Å²) in [5, 5.41) is 2.71. The van der Waals surface area contributed by atoms with Gasteiger partial charge >= 0.3 is 5.97 Å². The van der Waals surface area contributed by atoms with Crippen molar-refractivity contribution in [2.24, 2.45) is 0 Å². The number of hydrogen-bond acceptors (Lipinski definition) is 5. The fourth-order valence-electron chi connectivity index (χ4n) is 2.98. The number of amides is 1. The summed E-state index contributed by atoms with van der Waals surface area (Å²) in [5.41, 5.74) is 1.12. The highest BCUT2D eigenvalue weighted by Crippen LogP contribution is 2.22. The predicted octanol–water partition coefficient (Wildman–Crippen LogP) is 2.90. The second kappa shape index (κ2) is 8.53. The van der Waals surface area contributed by atoms with Crippen LogP contribution in [0.5, 0.6) is 0 Å². The van der Waals surface area contributed by atoms with Crippen molar-refractivity contribution < 1.29 is 22.7 Å². The fraction of sp³-hybridized carbons (Fsp3) is 0.300. The van der Waals surface area contributed by atoms with Crippen LogP contribution in [0.4, 0.5) is 5.69 Å². The van der Waals surface area contributed by atoms with Crippen LogP contribution in [0.15, 0.2) is 53.4 Å². The van der Waals surface area contributed by atoms with Gasteiger partial charge in [0.1, 0.15) is 0 Å². The maximum Gasteiger partial charge on any atom is 0.338 e. The molecule has 0 radical (unpaired) electrons. The van der Waals surface area contributed by atoms with E-state index < -0.39 is 21.9 Å². The molecular formula is C20H22N2O5S. The molecule has 28 heavy (non-hydrogen) atoms. The minimum absolute atomic E-state index is 0.111. The Morgan fingerprint density at radius 2 is 1.71 bits per heavy atom. The molecule has 1 aliphatic heterocycles. The van der Waals surface area contributed by atoms with Crippen molar-refractivity contribution in [2.75, 3.05) is 25.0 Å². The summed E-state index contributed by atoms with van der Waals surface area (Å²) in [6.45, 7) is 3.02. The average molecular weight is 402 g/mol. The van der Waals surface area contributed by atoms with Gasteiger partial charge in [-0.2, -0.15) is 4.31 Å². The second-order valence-electron chi connectivity index (χ2n) is 6.39. The van der Waals surface area contributed by atoms with Crippen molar-refractivity contribution in [3.05, 3.63) is 59.7 Å². The van der Waals surface area contributed by atoms with E-state index in [0.717, 1.165) is 12.8 Å². The van der Waals surface area contributed by atoms with E-state index in [1.807, 2.05) is 0 Å². The molecule has 1 fully saturated rings. The number of anilines is 1. The van der Waals surface area contributed by atoms with Crippen LogP contribution in [0, 0.1) is 0 Å². The lowest BCUT2D eigenvalue weighted by atomic mass is 10.2. The Kier molecular flexibility index (Phi) is 6.11. The molecule has 0 unspecified atom stereocenters. The highest BCUT2D eigenvalue weighted by Gasteiger charge is 2.27. The predicted molar refractivity (Wildman–Crippen MR) is 105 cm³/mol. The first-order valence-corrected chi connectivity index (χ1v) is 10.5. The molecular weight excluding hydrogens is 380 g/mol. The quantitative estimate of drug-likeness (QED) is 0.750. The summed E-state index contributed by atoms with van der Waals surface area (Å²) >= 11 is 0. The molecule has 1 saturated heterocycles. The summed E-state index contributed by atoms with van der Waals surface area (Å²) in [6, 6.07) is 12.3. The van der Waals surface area contributed by atoms with Crippen molar-refractivity contribution in [2.45, 2.75) is 24.7 Å². The van der Waals surface area contributed by atoms with Crippen LogP contribution in [0.25, 0.3) is 0 Å². The summed E-state index contributed by atoms with van der Waals surface area (Å²) in [5.74, 6) is -0.859. The van der Waals surface area contributed by atoms with Crippen molar-refractivity contribution in [1.82, 2.24) is 4.31 Å². The molecule has 1 aliphatic rings. The monoisotopic (exact) mass is 402 g/mol. The molecule has 2 aromatic carbocycles. The second-order valence-corrected chi connectivity index (χ2v) is 8.33. The highest BCUT2D eigenvalue weighted by molar-refractivity contribution is 7.89. The molecule has 0 aliphatic carbocycles. The summed E-state index contributed by atoms with van der Waals surface area (Å²) in [7, 11) is -3.59. The van der Waals surface area contributed by atoms with Gasteiger partial charge in [-0.1, -0.05) is 6.07 Å². The van der Waals surface area contributed by atoms with Crippen LogP contribution in [0.3, 0.4) is 0 Å². The van der Waals surface area contributed by atoms with E-state index in [1.165, 1.54) is 16.4 Å². The van der Waals surface area contributed by atoms with Gasteiger partial charge in [0.2, 0.25) is 10.0 Å². The van der Waals surface area contributed by atoms with E-state index in [-0.39, 0.29) is 17.1 Å². The van der Waals surface area contributed by atoms with Crippen molar-refractivity contribution in [1.29, 1.82) is 0 Å². The number of rotatable bonds is 6. The number of nitrogens with one attached hydrogen (secondary N) is 1. The topological polar surface area (TPSA) is 92.8 Å². The van der Waals surface area contributed by atoms with Gasteiger partial charge in [0.05, 0.1) is 17.1 Å².